The Balaban J connectivity index is 1.61. The fourth-order valence-electron chi connectivity index (χ4n) is 6.96. The van der Waals surface area contributed by atoms with E-state index in [-0.39, 0.29) is 6.04 Å². The molecule has 4 bridgehead atoms. The average Bonchev–Trinajstić information content (AvgIpc) is 2.69. The Kier molecular flexibility index (Phi) is 2.71. The summed E-state index contributed by atoms with van der Waals surface area (Å²) in [5, 5.41) is 4.55. The monoisotopic (exact) mass is 287 g/mol. The minimum Gasteiger partial charge on any atom is -0.327 e. The molecule has 0 radical (unpaired) electrons. The van der Waals surface area contributed by atoms with Gasteiger partial charge >= 0.3 is 0 Å². The number of nitrogens with two attached hydrogens (primary N) is 1. The quantitative estimate of drug-likeness (QED) is 0.927. The lowest BCUT2D eigenvalue weighted by molar-refractivity contribution is -0.153. The third-order valence-electron chi connectivity index (χ3n) is 6.65. The lowest BCUT2D eigenvalue weighted by atomic mass is 9.39. The first-order chi connectivity index (χ1) is 9.80. The number of aryl methyl sites for hydroxylation is 1. The molecule has 0 spiro atoms. The highest BCUT2D eigenvalue weighted by Crippen LogP contribution is 2.70. The highest BCUT2D eigenvalue weighted by Gasteiger charge is 2.61. The van der Waals surface area contributed by atoms with Gasteiger partial charge in [-0.25, -0.2) is 0 Å². The SMILES string of the molecule is Cn1ccc(CC(N)C23CC4CC(C)(CC(C)(C4)C2)C3)n1. The van der Waals surface area contributed by atoms with Crippen molar-refractivity contribution in [1.82, 2.24) is 9.78 Å². The van der Waals surface area contributed by atoms with Gasteiger partial charge in [0.2, 0.25) is 0 Å². The first-order valence-electron chi connectivity index (χ1n) is 8.54. The average molecular weight is 287 g/mol. The van der Waals surface area contributed by atoms with E-state index >= 15 is 0 Å². The molecule has 0 amide bonds. The Morgan fingerprint density at radius 2 is 1.90 bits per heavy atom. The minimum atomic E-state index is 0.273. The third kappa shape index (κ3) is 2.16. The largest absolute Gasteiger partial charge is 0.327 e. The van der Waals surface area contributed by atoms with Crippen molar-refractivity contribution in [3.8, 4) is 0 Å². The molecule has 5 rings (SSSR count). The van der Waals surface area contributed by atoms with Crippen LogP contribution in [0.5, 0.6) is 0 Å². The smallest absolute Gasteiger partial charge is 0.0640 e. The van der Waals surface area contributed by atoms with E-state index in [2.05, 4.69) is 25.0 Å². The van der Waals surface area contributed by atoms with E-state index in [0.29, 0.717) is 16.2 Å². The Morgan fingerprint density at radius 3 is 2.43 bits per heavy atom. The van der Waals surface area contributed by atoms with Crippen molar-refractivity contribution in [2.75, 3.05) is 0 Å². The molecule has 3 unspecified atom stereocenters. The van der Waals surface area contributed by atoms with Crippen LogP contribution in [-0.2, 0) is 13.5 Å². The highest BCUT2D eigenvalue weighted by atomic mass is 15.2. The molecule has 4 aliphatic carbocycles. The van der Waals surface area contributed by atoms with Gasteiger partial charge in [-0.3, -0.25) is 4.68 Å². The van der Waals surface area contributed by atoms with Crippen LogP contribution in [0.15, 0.2) is 12.3 Å². The summed E-state index contributed by atoms with van der Waals surface area (Å²) in [6.45, 7) is 5.05. The molecule has 3 atom stereocenters. The maximum absolute atomic E-state index is 6.78. The van der Waals surface area contributed by atoms with E-state index in [1.807, 2.05) is 17.9 Å². The summed E-state index contributed by atoms with van der Waals surface area (Å²) in [5.74, 6) is 0.922. The number of hydrogen-bond donors (Lipinski definition) is 1. The van der Waals surface area contributed by atoms with E-state index < -0.39 is 0 Å². The molecule has 0 saturated heterocycles. The zero-order valence-electron chi connectivity index (χ0n) is 13.7. The van der Waals surface area contributed by atoms with Crippen LogP contribution < -0.4 is 5.73 Å². The van der Waals surface area contributed by atoms with Gasteiger partial charge in [-0.05, 0) is 66.8 Å². The molecule has 1 aromatic heterocycles. The van der Waals surface area contributed by atoms with Gasteiger partial charge in [0.25, 0.3) is 0 Å². The zero-order valence-corrected chi connectivity index (χ0v) is 13.7. The summed E-state index contributed by atoms with van der Waals surface area (Å²) < 4.78 is 1.89. The second-order valence-electron chi connectivity index (χ2n) is 9.28. The van der Waals surface area contributed by atoms with E-state index in [0.717, 1.165) is 18.0 Å². The number of aromatic nitrogens is 2. The molecule has 3 heteroatoms. The predicted molar refractivity (Wildman–Crippen MR) is 84.7 cm³/mol. The van der Waals surface area contributed by atoms with Crippen LogP contribution in [0, 0.1) is 22.2 Å². The standard InChI is InChI=1S/C18H29N3/c1-16-7-13-8-17(2,10-16)12-18(9-13,11-16)15(19)6-14-4-5-21(3)20-14/h4-5,13,15H,6-12,19H2,1-3H3. The maximum atomic E-state index is 6.78. The fourth-order valence-corrected chi connectivity index (χ4v) is 6.96. The predicted octanol–water partition coefficient (Wildman–Crippen LogP) is 3.29. The van der Waals surface area contributed by atoms with Crippen molar-refractivity contribution >= 4 is 0 Å². The van der Waals surface area contributed by atoms with Gasteiger partial charge in [-0.2, -0.15) is 5.10 Å². The molecule has 1 heterocycles. The van der Waals surface area contributed by atoms with Gasteiger partial charge in [-0.1, -0.05) is 13.8 Å². The zero-order chi connectivity index (χ0) is 14.9. The molecule has 0 aromatic carbocycles. The molecule has 4 saturated carbocycles. The second kappa shape index (κ2) is 4.13. The summed E-state index contributed by atoms with van der Waals surface area (Å²) in [4.78, 5) is 0. The second-order valence-corrected chi connectivity index (χ2v) is 9.28. The van der Waals surface area contributed by atoms with Crippen molar-refractivity contribution < 1.29 is 0 Å². The molecule has 4 aliphatic rings. The van der Waals surface area contributed by atoms with Crippen LogP contribution in [-0.4, -0.2) is 15.8 Å². The van der Waals surface area contributed by atoms with E-state index in [1.165, 1.54) is 38.5 Å². The summed E-state index contributed by atoms with van der Waals surface area (Å²) in [6, 6.07) is 2.40. The van der Waals surface area contributed by atoms with Crippen molar-refractivity contribution in [2.24, 2.45) is 34.9 Å². The molecule has 0 aliphatic heterocycles. The van der Waals surface area contributed by atoms with Crippen LogP contribution in [0.2, 0.25) is 0 Å². The first-order valence-corrected chi connectivity index (χ1v) is 8.54. The fraction of sp³-hybridized carbons (Fsp3) is 0.833. The Hall–Kier alpha value is -0.830. The molecule has 4 fully saturated rings. The van der Waals surface area contributed by atoms with Crippen molar-refractivity contribution in [1.29, 1.82) is 0 Å². The minimum absolute atomic E-state index is 0.273. The van der Waals surface area contributed by atoms with Gasteiger partial charge in [0.15, 0.2) is 0 Å². The normalized spacial score (nSPS) is 46.0. The maximum Gasteiger partial charge on any atom is 0.0640 e. The Morgan fingerprint density at radius 1 is 1.24 bits per heavy atom. The molecule has 116 valence electrons. The highest BCUT2D eigenvalue weighted by molar-refractivity contribution is 5.15. The van der Waals surface area contributed by atoms with E-state index in [4.69, 9.17) is 5.73 Å². The van der Waals surface area contributed by atoms with Crippen LogP contribution in [0.25, 0.3) is 0 Å². The van der Waals surface area contributed by atoms with Crippen LogP contribution in [0.4, 0.5) is 0 Å². The van der Waals surface area contributed by atoms with Gasteiger partial charge in [0.05, 0.1) is 5.69 Å². The molecular formula is C18H29N3. The molecular weight excluding hydrogens is 258 g/mol. The lowest BCUT2D eigenvalue weighted by Gasteiger charge is -2.67. The van der Waals surface area contributed by atoms with Gasteiger partial charge in [0, 0.05) is 25.7 Å². The Labute approximate surface area is 128 Å². The van der Waals surface area contributed by atoms with Crippen LogP contribution in [0.3, 0.4) is 0 Å². The third-order valence-corrected chi connectivity index (χ3v) is 6.65. The molecule has 3 nitrogen and oxygen atoms in total. The van der Waals surface area contributed by atoms with E-state index in [1.54, 1.807) is 0 Å². The molecule has 21 heavy (non-hydrogen) atoms. The van der Waals surface area contributed by atoms with Gasteiger partial charge < -0.3 is 5.73 Å². The summed E-state index contributed by atoms with van der Waals surface area (Å²) >= 11 is 0. The van der Waals surface area contributed by atoms with Gasteiger partial charge in [0.1, 0.15) is 0 Å². The molecule has 1 aromatic rings. The van der Waals surface area contributed by atoms with Gasteiger partial charge in [-0.15, -0.1) is 0 Å². The summed E-state index contributed by atoms with van der Waals surface area (Å²) in [5.41, 5.74) is 9.42. The van der Waals surface area contributed by atoms with Crippen LogP contribution in [0.1, 0.15) is 58.1 Å². The van der Waals surface area contributed by atoms with Crippen LogP contribution >= 0.6 is 0 Å². The van der Waals surface area contributed by atoms with Crippen molar-refractivity contribution in [3.05, 3.63) is 18.0 Å². The first kappa shape index (κ1) is 13.8. The van der Waals surface area contributed by atoms with Crippen molar-refractivity contribution in [3.63, 3.8) is 0 Å². The topological polar surface area (TPSA) is 43.8 Å². The number of nitrogens with zero attached hydrogens (tertiary/aromatic N) is 2. The summed E-state index contributed by atoms with van der Waals surface area (Å²) in [6.07, 6.45) is 11.4. The Bertz CT molecular complexity index is 543. The van der Waals surface area contributed by atoms with Crippen molar-refractivity contribution in [2.45, 2.75) is 64.8 Å². The lowest BCUT2D eigenvalue weighted by Crippen LogP contribution is -2.61. The van der Waals surface area contributed by atoms with E-state index in [9.17, 15) is 0 Å². The number of rotatable bonds is 3. The summed E-state index contributed by atoms with van der Waals surface area (Å²) in [7, 11) is 1.99. The number of hydrogen-bond acceptors (Lipinski definition) is 2. The molecule has 2 N–H and O–H groups in total.